The number of halogens is 1. The monoisotopic (exact) mass is 226 g/mol. The van der Waals surface area contributed by atoms with E-state index in [1.54, 1.807) is 0 Å². The zero-order valence-electron chi connectivity index (χ0n) is 9.00. The van der Waals surface area contributed by atoms with E-state index in [1.807, 2.05) is 44.2 Å². The van der Waals surface area contributed by atoms with Gasteiger partial charge in [-0.1, -0.05) is 30.3 Å². The quantitative estimate of drug-likeness (QED) is 0.583. The lowest BCUT2D eigenvalue weighted by molar-refractivity contribution is -0.148. The summed E-state index contributed by atoms with van der Waals surface area (Å²) in [6.07, 6.45) is 0. The molecule has 0 aliphatic carbocycles. The molecule has 0 unspecified atom stereocenters. The van der Waals surface area contributed by atoms with Crippen molar-refractivity contribution in [1.29, 1.82) is 0 Å². The van der Waals surface area contributed by atoms with E-state index in [0.29, 0.717) is 5.88 Å². The van der Waals surface area contributed by atoms with E-state index in [9.17, 15) is 4.79 Å². The van der Waals surface area contributed by atoms with Crippen LogP contribution in [0.3, 0.4) is 0 Å². The van der Waals surface area contributed by atoms with Gasteiger partial charge in [-0.3, -0.25) is 4.79 Å². The molecular formula is C12H15ClO2. The van der Waals surface area contributed by atoms with Crippen molar-refractivity contribution in [3.63, 3.8) is 0 Å². The molecule has 0 N–H and O–H groups in total. The summed E-state index contributed by atoms with van der Waals surface area (Å²) < 4.78 is 5.04. The Balaban J connectivity index is 2.78. The summed E-state index contributed by atoms with van der Waals surface area (Å²) in [5.74, 6) is 0.0886. The fourth-order valence-electron chi connectivity index (χ4n) is 1.28. The van der Waals surface area contributed by atoms with Crippen molar-refractivity contribution >= 4 is 17.6 Å². The molecule has 0 aliphatic rings. The van der Waals surface area contributed by atoms with Crippen molar-refractivity contribution in [2.75, 3.05) is 12.5 Å². The van der Waals surface area contributed by atoms with Crippen LogP contribution in [0, 0.1) is 0 Å². The molecule has 1 aromatic rings. The Hall–Kier alpha value is -1.02. The number of rotatable bonds is 4. The van der Waals surface area contributed by atoms with Crippen LogP contribution in [0.1, 0.15) is 19.4 Å². The van der Waals surface area contributed by atoms with Crippen molar-refractivity contribution in [2.45, 2.75) is 19.3 Å². The number of ether oxygens (including phenoxy) is 1. The summed E-state index contributed by atoms with van der Waals surface area (Å²) in [6.45, 7) is 3.95. The highest BCUT2D eigenvalue weighted by Crippen LogP contribution is 2.24. The molecule has 2 nitrogen and oxygen atoms in total. The molecular weight excluding hydrogens is 212 g/mol. The Bertz CT molecular complexity index is 320. The number of hydrogen-bond donors (Lipinski definition) is 0. The highest BCUT2D eigenvalue weighted by molar-refractivity contribution is 6.18. The highest BCUT2D eigenvalue weighted by atomic mass is 35.5. The van der Waals surface area contributed by atoms with Gasteiger partial charge in [-0.05, 0) is 19.4 Å². The lowest BCUT2D eigenvalue weighted by Crippen LogP contribution is -2.31. The maximum atomic E-state index is 11.7. The second-order valence-electron chi connectivity index (χ2n) is 3.82. The normalized spacial score (nSPS) is 11.1. The first kappa shape index (κ1) is 12.1. The van der Waals surface area contributed by atoms with Gasteiger partial charge in [-0.15, -0.1) is 11.6 Å². The van der Waals surface area contributed by atoms with Gasteiger partial charge < -0.3 is 4.74 Å². The zero-order chi connectivity index (χ0) is 11.3. The van der Waals surface area contributed by atoms with E-state index >= 15 is 0 Å². The van der Waals surface area contributed by atoms with Gasteiger partial charge in [-0.25, -0.2) is 0 Å². The fourth-order valence-corrected chi connectivity index (χ4v) is 1.36. The van der Waals surface area contributed by atoms with E-state index in [4.69, 9.17) is 16.3 Å². The lowest BCUT2D eigenvalue weighted by Gasteiger charge is -2.22. The summed E-state index contributed by atoms with van der Waals surface area (Å²) in [5, 5.41) is 0. The Kier molecular flexibility index (Phi) is 4.15. The zero-order valence-corrected chi connectivity index (χ0v) is 9.75. The average molecular weight is 227 g/mol. The van der Waals surface area contributed by atoms with Crippen molar-refractivity contribution < 1.29 is 9.53 Å². The second-order valence-corrected chi connectivity index (χ2v) is 4.19. The molecule has 3 heteroatoms. The molecule has 0 radical (unpaired) electrons. The van der Waals surface area contributed by atoms with Crippen LogP contribution in [-0.2, 0) is 14.9 Å². The lowest BCUT2D eigenvalue weighted by atomic mass is 9.85. The van der Waals surface area contributed by atoms with Gasteiger partial charge in [0.05, 0.1) is 11.3 Å². The molecule has 0 saturated heterocycles. The standard InChI is InChI=1S/C12H15ClO2/c1-12(2,11(14)15-9-8-13)10-6-4-3-5-7-10/h3-7H,8-9H2,1-2H3. The van der Waals surface area contributed by atoms with Gasteiger partial charge in [0.1, 0.15) is 6.61 Å². The molecule has 0 aliphatic heterocycles. The van der Waals surface area contributed by atoms with Gasteiger partial charge in [0.25, 0.3) is 0 Å². The van der Waals surface area contributed by atoms with Crippen LogP contribution >= 0.6 is 11.6 Å². The smallest absolute Gasteiger partial charge is 0.316 e. The van der Waals surface area contributed by atoms with Crippen LogP contribution in [0.15, 0.2) is 30.3 Å². The first-order valence-electron chi connectivity index (χ1n) is 4.87. The third-order valence-corrected chi connectivity index (χ3v) is 2.47. The summed E-state index contributed by atoms with van der Waals surface area (Å²) in [4.78, 5) is 11.7. The molecule has 0 bridgehead atoms. The predicted molar refractivity (Wildman–Crippen MR) is 61.1 cm³/mol. The van der Waals surface area contributed by atoms with Crippen molar-refractivity contribution in [1.82, 2.24) is 0 Å². The van der Waals surface area contributed by atoms with Crippen LogP contribution in [0.25, 0.3) is 0 Å². The number of hydrogen-bond acceptors (Lipinski definition) is 2. The summed E-state index contributed by atoms with van der Waals surface area (Å²) in [6, 6.07) is 9.57. The van der Waals surface area contributed by atoms with Gasteiger partial charge in [-0.2, -0.15) is 0 Å². The number of esters is 1. The van der Waals surface area contributed by atoms with Gasteiger partial charge in [0.2, 0.25) is 0 Å². The van der Waals surface area contributed by atoms with Crippen molar-refractivity contribution in [3.8, 4) is 0 Å². The third kappa shape index (κ3) is 2.96. The Morgan fingerprint density at radius 3 is 2.47 bits per heavy atom. The van der Waals surface area contributed by atoms with E-state index < -0.39 is 5.41 Å². The number of alkyl halides is 1. The van der Waals surface area contributed by atoms with Crippen molar-refractivity contribution in [3.05, 3.63) is 35.9 Å². The van der Waals surface area contributed by atoms with Gasteiger partial charge in [0.15, 0.2) is 0 Å². The average Bonchev–Trinajstić information content (AvgIpc) is 2.27. The SMILES string of the molecule is CC(C)(C(=O)OCCCl)c1ccccc1. The van der Waals surface area contributed by atoms with E-state index in [2.05, 4.69) is 0 Å². The molecule has 0 amide bonds. The second kappa shape index (κ2) is 5.17. The summed E-state index contributed by atoms with van der Waals surface area (Å²) in [5.41, 5.74) is 0.331. The summed E-state index contributed by atoms with van der Waals surface area (Å²) in [7, 11) is 0. The first-order valence-corrected chi connectivity index (χ1v) is 5.41. The van der Waals surface area contributed by atoms with Crippen LogP contribution in [0.5, 0.6) is 0 Å². The maximum Gasteiger partial charge on any atom is 0.316 e. The third-order valence-electron chi connectivity index (χ3n) is 2.32. The molecule has 0 fully saturated rings. The molecule has 0 atom stereocenters. The van der Waals surface area contributed by atoms with Crippen LogP contribution in [-0.4, -0.2) is 18.5 Å². The molecule has 1 aromatic carbocycles. The largest absolute Gasteiger partial charge is 0.464 e. The molecule has 0 heterocycles. The first-order chi connectivity index (χ1) is 7.09. The van der Waals surface area contributed by atoms with Crippen molar-refractivity contribution in [2.24, 2.45) is 0 Å². The predicted octanol–water partition coefficient (Wildman–Crippen LogP) is 2.75. The molecule has 15 heavy (non-hydrogen) atoms. The molecule has 82 valence electrons. The minimum absolute atomic E-state index is 0.241. The topological polar surface area (TPSA) is 26.3 Å². The number of carbonyl (C=O) groups excluding carboxylic acids is 1. The number of benzene rings is 1. The Labute approximate surface area is 95.2 Å². The molecule has 0 spiro atoms. The van der Waals surface area contributed by atoms with Gasteiger partial charge >= 0.3 is 5.97 Å². The summed E-state index contributed by atoms with van der Waals surface area (Å²) >= 11 is 5.46. The van der Waals surface area contributed by atoms with E-state index in [1.165, 1.54) is 0 Å². The minimum Gasteiger partial charge on any atom is -0.464 e. The fraction of sp³-hybridized carbons (Fsp3) is 0.417. The minimum atomic E-state index is -0.618. The molecule has 0 saturated carbocycles. The molecule has 0 aromatic heterocycles. The van der Waals surface area contributed by atoms with Crippen LogP contribution in [0.4, 0.5) is 0 Å². The number of carbonyl (C=O) groups is 1. The van der Waals surface area contributed by atoms with Crippen LogP contribution < -0.4 is 0 Å². The Morgan fingerprint density at radius 1 is 1.33 bits per heavy atom. The highest BCUT2D eigenvalue weighted by Gasteiger charge is 2.30. The Morgan fingerprint density at radius 2 is 1.93 bits per heavy atom. The van der Waals surface area contributed by atoms with E-state index in [-0.39, 0.29) is 12.6 Å². The van der Waals surface area contributed by atoms with E-state index in [0.717, 1.165) is 5.56 Å². The maximum absolute atomic E-state index is 11.7. The van der Waals surface area contributed by atoms with Gasteiger partial charge in [0, 0.05) is 0 Å². The molecule has 1 rings (SSSR count). The van der Waals surface area contributed by atoms with Crippen LogP contribution in [0.2, 0.25) is 0 Å².